The summed E-state index contributed by atoms with van der Waals surface area (Å²) in [7, 11) is 0. The molecule has 6 rings (SSSR count). The van der Waals surface area contributed by atoms with Gasteiger partial charge >= 0.3 is 0 Å². The van der Waals surface area contributed by atoms with E-state index >= 15 is 0 Å². The minimum Gasteiger partial charge on any atom is -0.392 e. The summed E-state index contributed by atoms with van der Waals surface area (Å²) in [5.41, 5.74) is 1.74. The second-order valence-corrected chi connectivity index (χ2v) is 11.6. The van der Waals surface area contributed by atoms with Gasteiger partial charge < -0.3 is 26.0 Å². The van der Waals surface area contributed by atoms with Gasteiger partial charge in [-0.25, -0.2) is 8.78 Å². The van der Waals surface area contributed by atoms with Crippen LogP contribution in [0.1, 0.15) is 43.0 Å². The van der Waals surface area contributed by atoms with Gasteiger partial charge in [0.1, 0.15) is 24.0 Å². The Morgan fingerprint density at radius 1 is 1.10 bits per heavy atom. The number of carbonyl (C=O) groups is 3. The lowest BCUT2D eigenvalue weighted by atomic mass is 9.76. The van der Waals surface area contributed by atoms with Gasteiger partial charge in [-0.05, 0) is 74.1 Å². The van der Waals surface area contributed by atoms with E-state index in [-0.39, 0.29) is 24.4 Å². The molecule has 1 fully saturated rings. The number of halogens is 2. The third-order valence-electron chi connectivity index (χ3n) is 8.67. The summed E-state index contributed by atoms with van der Waals surface area (Å²) in [4.78, 5) is 40.9. The predicted molar refractivity (Wildman–Crippen MR) is 142 cm³/mol. The number of fused-ring (bicyclic) bond motifs is 2. The van der Waals surface area contributed by atoms with Crippen LogP contribution in [0.15, 0.2) is 59.9 Å². The van der Waals surface area contributed by atoms with Crippen molar-refractivity contribution in [1.82, 2.24) is 15.5 Å². The quantitative estimate of drug-likeness (QED) is 0.470. The first-order chi connectivity index (χ1) is 19.0. The Labute approximate surface area is 230 Å². The minimum atomic E-state index is -1.18. The molecular weight excluding hydrogens is 518 g/mol. The van der Waals surface area contributed by atoms with E-state index in [0.717, 1.165) is 40.7 Å². The molecule has 208 valence electrons. The molecule has 2 aromatic rings. The van der Waals surface area contributed by atoms with Gasteiger partial charge in [-0.1, -0.05) is 18.2 Å². The summed E-state index contributed by atoms with van der Waals surface area (Å²) in [6.45, 7) is 3.46. The number of piperidine rings is 1. The normalized spacial score (nSPS) is 26.5. The lowest BCUT2D eigenvalue weighted by Crippen LogP contribution is -2.56. The van der Waals surface area contributed by atoms with Gasteiger partial charge in [0.25, 0.3) is 0 Å². The predicted octanol–water partition coefficient (Wildman–Crippen LogP) is 2.85. The summed E-state index contributed by atoms with van der Waals surface area (Å²) < 4.78 is 28.0. The van der Waals surface area contributed by atoms with Crippen molar-refractivity contribution in [3.05, 3.63) is 88.3 Å². The highest BCUT2D eigenvalue weighted by molar-refractivity contribution is 5.97. The Morgan fingerprint density at radius 2 is 1.82 bits per heavy atom. The molecular formula is C30H30F2N4O4. The van der Waals surface area contributed by atoms with Crippen molar-refractivity contribution in [2.24, 2.45) is 10.8 Å². The molecule has 10 heteroatoms. The zero-order chi connectivity index (χ0) is 28.4. The molecule has 40 heavy (non-hydrogen) atoms. The SMILES string of the molecule is CC1(C)C(=O)N(CC(=O)Nc2ccc3c(c2)C[C@@]2(C3)C(=O)NC3=C2C=CCN3)[C@@H](c2cc(F)cc(F)c2)C[C@@H]1O. The molecule has 0 saturated carbocycles. The first-order valence-corrected chi connectivity index (χ1v) is 13.3. The van der Waals surface area contributed by atoms with Gasteiger partial charge in [-0.2, -0.15) is 0 Å². The molecule has 2 aromatic carbocycles. The van der Waals surface area contributed by atoms with Crippen LogP contribution in [0.2, 0.25) is 0 Å². The Morgan fingerprint density at radius 3 is 2.58 bits per heavy atom. The Kier molecular flexibility index (Phi) is 6.06. The maximum atomic E-state index is 14.0. The number of rotatable bonds is 4. The van der Waals surface area contributed by atoms with Crippen LogP contribution in [0.4, 0.5) is 14.5 Å². The number of amides is 3. The molecule has 0 radical (unpaired) electrons. The van der Waals surface area contributed by atoms with Gasteiger partial charge in [0.05, 0.1) is 23.0 Å². The lowest BCUT2D eigenvalue weighted by Gasteiger charge is -2.45. The molecule has 3 heterocycles. The van der Waals surface area contributed by atoms with Crippen molar-refractivity contribution in [2.75, 3.05) is 18.4 Å². The third-order valence-corrected chi connectivity index (χ3v) is 8.67. The van der Waals surface area contributed by atoms with E-state index < -0.39 is 46.4 Å². The number of allylic oxidation sites excluding steroid dienone is 1. The summed E-state index contributed by atoms with van der Waals surface area (Å²) in [5, 5.41) is 19.7. The molecule has 3 aliphatic heterocycles. The molecule has 1 spiro atoms. The standard InChI is InChI=1S/C30H30F2N4O4/c1-29(2)24(37)12-23(17-8-19(31)11-20(32)9-17)36(28(29)40)15-25(38)34-21-6-5-16-13-30(14-18(16)10-21)22-4-3-7-33-26(22)35-27(30)39/h3-6,8-11,23-24,33,37H,7,12-15H2,1-2H3,(H,34,38)(H,35,39)/t23-,24+,30-/m1/s1. The van der Waals surface area contributed by atoms with Gasteiger partial charge in [0.15, 0.2) is 0 Å². The number of aliphatic hydroxyl groups excluding tert-OH is 1. The summed E-state index contributed by atoms with van der Waals surface area (Å²) in [6, 6.07) is 7.59. The largest absolute Gasteiger partial charge is 0.392 e. The van der Waals surface area contributed by atoms with Crippen molar-refractivity contribution in [1.29, 1.82) is 0 Å². The van der Waals surface area contributed by atoms with Gasteiger partial charge in [0.2, 0.25) is 17.7 Å². The molecule has 3 amide bonds. The molecule has 1 aliphatic carbocycles. The molecule has 0 bridgehead atoms. The van der Waals surface area contributed by atoms with Crippen LogP contribution in [-0.4, -0.2) is 46.9 Å². The third kappa shape index (κ3) is 4.18. The summed E-state index contributed by atoms with van der Waals surface area (Å²) in [6.07, 6.45) is 4.00. The fraction of sp³-hybridized carbons (Fsp3) is 0.367. The van der Waals surface area contributed by atoms with Crippen LogP contribution in [-0.2, 0) is 27.2 Å². The van der Waals surface area contributed by atoms with Crippen molar-refractivity contribution in [2.45, 2.75) is 45.3 Å². The Bertz CT molecular complexity index is 1500. The number of hydrogen-bond donors (Lipinski definition) is 4. The van der Waals surface area contributed by atoms with Gasteiger partial charge in [-0.15, -0.1) is 0 Å². The van der Waals surface area contributed by atoms with Crippen LogP contribution in [0.5, 0.6) is 0 Å². The number of dihydropyridines is 1. The fourth-order valence-corrected chi connectivity index (χ4v) is 6.39. The number of carbonyl (C=O) groups excluding carboxylic acids is 3. The van der Waals surface area contributed by atoms with Crippen LogP contribution < -0.4 is 16.0 Å². The van der Waals surface area contributed by atoms with Crippen LogP contribution in [0.25, 0.3) is 0 Å². The van der Waals surface area contributed by atoms with E-state index in [9.17, 15) is 28.3 Å². The fourth-order valence-electron chi connectivity index (χ4n) is 6.39. The molecule has 4 aliphatic rings. The van der Waals surface area contributed by atoms with E-state index in [0.29, 0.717) is 25.1 Å². The monoisotopic (exact) mass is 548 g/mol. The second-order valence-electron chi connectivity index (χ2n) is 11.6. The number of benzene rings is 2. The van der Waals surface area contributed by atoms with Gasteiger partial charge in [0, 0.05) is 23.9 Å². The number of anilines is 1. The van der Waals surface area contributed by atoms with Crippen LogP contribution in [0.3, 0.4) is 0 Å². The van der Waals surface area contributed by atoms with E-state index in [1.165, 1.54) is 4.90 Å². The molecule has 1 saturated heterocycles. The van der Waals surface area contributed by atoms with Crippen molar-refractivity contribution >= 4 is 23.4 Å². The second kappa shape index (κ2) is 9.26. The lowest BCUT2D eigenvalue weighted by molar-refractivity contribution is -0.160. The van der Waals surface area contributed by atoms with E-state index in [1.807, 2.05) is 24.3 Å². The molecule has 0 unspecified atom stereocenters. The molecule has 0 aromatic heterocycles. The highest BCUT2D eigenvalue weighted by atomic mass is 19.1. The zero-order valence-corrected chi connectivity index (χ0v) is 22.2. The molecule has 8 nitrogen and oxygen atoms in total. The summed E-state index contributed by atoms with van der Waals surface area (Å²) in [5.74, 6) is -1.89. The maximum absolute atomic E-state index is 14.0. The molecule has 3 atom stereocenters. The van der Waals surface area contributed by atoms with E-state index in [2.05, 4.69) is 16.0 Å². The first kappa shape index (κ1) is 26.2. The van der Waals surface area contributed by atoms with E-state index in [4.69, 9.17) is 0 Å². The number of hydrogen-bond acceptors (Lipinski definition) is 5. The van der Waals surface area contributed by atoms with Crippen molar-refractivity contribution < 1.29 is 28.3 Å². The topological polar surface area (TPSA) is 111 Å². The van der Waals surface area contributed by atoms with Gasteiger partial charge in [-0.3, -0.25) is 14.4 Å². The maximum Gasteiger partial charge on any atom is 0.244 e. The molecule has 4 N–H and O–H groups in total. The Hall–Kier alpha value is -4.05. The Balaban J connectivity index is 1.22. The zero-order valence-electron chi connectivity index (χ0n) is 22.2. The highest BCUT2D eigenvalue weighted by Gasteiger charge is 2.52. The smallest absolute Gasteiger partial charge is 0.244 e. The average Bonchev–Trinajstić information content (AvgIpc) is 3.41. The minimum absolute atomic E-state index is 0.0268. The number of likely N-dealkylation sites (tertiary alicyclic amines) is 1. The number of nitrogens with one attached hydrogen (secondary N) is 3. The highest BCUT2D eigenvalue weighted by Crippen LogP contribution is 2.48. The summed E-state index contributed by atoms with van der Waals surface area (Å²) >= 11 is 0. The first-order valence-electron chi connectivity index (χ1n) is 13.3. The van der Waals surface area contributed by atoms with Crippen molar-refractivity contribution in [3.8, 4) is 0 Å². The number of nitrogens with zero attached hydrogens (tertiary/aromatic N) is 1. The number of aliphatic hydroxyl groups is 1. The van der Waals surface area contributed by atoms with E-state index in [1.54, 1.807) is 19.9 Å². The van der Waals surface area contributed by atoms with Crippen molar-refractivity contribution in [3.63, 3.8) is 0 Å². The average molecular weight is 549 g/mol. The van der Waals surface area contributed by atoms with Crippen LogP contribution in [0, 0.1) is 22.5 Å². The van der Waals surface area contributed by atoms with Crippen LogP contribution >= 0.6 is 0 Å².